The maximum absolute atomic E-state index is 12.4. The second-order valence-corrected chi connectivity index (χ2v) is 8.55. The standard InChI is InChI=1S/C23H32N2O6/c1-13(20-8-15-5-6-16(20)7-15)25-22(27)14(2)31-21(26)12-24-23(28)17-9-18(29-3)11-19(10-17)30-4/h9-11,13-16,20H,5-8,12H2,1-4H3,(H,24,28)(H,25,27)/t13-,14+,15-,16-,20+/m0/s1. The molecule has 170 valence electrons. The lowest BCUT2D eigenvalue weighted by Crippen LogP contribution is -2.45. The molecule has 0 heterocycles. The van der Waals surface area contributed by atoms with Crippen LogP contribution in [-0.4, -0.2) is 50.7 Å². The predicted octanol–water partition coefficient (Wildman–Crippen LogP) is 2.31. The van der Waals surface area contributed by atoms with Crippen LogP contribution in [0.25, 0.3) is 0 Å². The molecule has 2 bridgehead atoms. The highest BCUT2D eigenvalue weighted by Gasteiger charge is 2.42. The van der Waals surface area contributed by atoms with Gasteiger partial charge in [-0.2, -0.15) is 0 Å². The van der Waals surface area contributed by atoms with Crippen LogP contribution in [0.2, 0.25) is 0 Å². The minimum atomic E-state index is -0.928. The lowest BCUT2D eigenvalue weighted by Gasteiger charge is -2.29. The third-order valence-corrected chi connectivity index (χ3v) is 6.49. The molecule has 2 aliphatic rings. The summed E-state index contributed by atoms with van der Waals surface area (Å²) in [4.78, 5) is 36.9. The second-order valence-electron chi connectivity index (χ2n) is 8.55. The van der Waals surface area contributed by atoms with E-state index < -0.39 is 18.0 Å². The molecule has 0 aliphatic heterocycles. The molecule has 2 amide bonds. The Balaban J connectivity index is 1.44. The molecule has 8 nitrogen and oxygen atoms in total. The lowest BCUT2D eigenvalue weighted by atomic mass is 9.84. The summed E-state index contributed by atoms with van der Waals surface area (Å²) in [6.07, 6.45) is 4.07. The molecule has 2 saturated carbocycles. The van der Waals surface area contributed by atoms with Gasteiger partial charge in [-0.25, -0.2) is 0 Å². The Morgan fingerprint density at radius 1 is 1.03 bits per heavy atom. The largest absolute Gasteiger partial charge is 0.497 e. The first-order valence-electron chi connectivity index (χ1n) is 10.8. The SMILES string of the molecule is COc1cc(OC)cc(C(=O)NCC(=O)O[C@H](C)C(=O)N[C@@H](C)[C@H]2C[C@H]3CC[C@H]2C3)c1. The highest BCUT2D eigenvalue weighted by molar-refractivity contribution is 5.97. The number of amides is 2. The molecule has 2 fully saturated rings. The molecule has 0 saturated heterocycles. The Labute approximate surface area is 183 Å². The van der Waals surface area contributed by atoms with Gasteiger partial charge < -0.3 is 24.8 Å². The zero-order chi connectivity index (χ0) is 22.5. The van der Waals surface area contributed by atoms with Gasteiger partial charge in [-0.05, 0) is 63.0 Å². The van der Waals surface area contributed by atoms with E-state index in [2.05, 4.69) is 10.6 Å². The van der Waals surface area contributed by atoms with Crippen LogP contribution >= 0.6 is 0 Å². The number of hydrogen-bond acceptors (Lipinski definition) is 6. The van der Waals surface area contributed by atoms with Crippen LogP contribution in [0.5, 0.6) is 11.5 Å². The van der Waals surface area contributed by atoms with E-state index in [4.69, 9.17) is 14.2 Å². The number of fused-ring (bicyclic) bond motifs is 2. The Hall–Kier alpha value is -2.77. The molecule has 31 heavy (non-hydrogen) atoms. The van der Waals surface area contributed by atoms with E-state index in [9.17, 15) is 14.4 Å². The third-order valence-electron chi connectivity index (χ3n) is 6.49. The maximum Gasteiger partial charge on any atom is 0.326 e. The molecular formula is C23H32N2O6. The van der Waals surface area contributed by atoms with Gasteiger partial charge in [-0.3, -0.25) is 14.4 Å². The van der Waals surface area contributed by atoms with Crippen molar-refractivity contribution >= 4 is 17.8 Å². The van der Waals surface area contributed by atoms with Crippen molar-refractivity contribution in [2.24, 2.45) is 17.8 Å². The number of esters is 1. The van der Waals surface area contributed by atoms with Crippen LogP contribution in [-0.2, 0) is 14.3 Å². The van der Waals surface area contributed by atoms with Gasteiger partial charge >= 0.3 is 5.97 Å². The van der Waals surface area contributed by atoms with Gasteiger partial charge in [0, 0.05) is 17.7 Å². The quantitative estimate of drug-likeness (QED) is 0.581. The van der Waals surface area contributed by atoms with Gasteiger partial charge in [-0.15, -0.1) is 0 Å². The van der Waals surface area contributed by atoms with Gasteiger partial charge in [0.05, 0.1) is 14.2 Å². The fourth-order valence-corrected chi connectivity index (χ4v) is 4.84. The number of benzene rings is 1. The van der Waals surface area contributed by atoms with Crippen molar-refractivity contribution in [1.82, 2.24) is 10.6 Å². The molecule has 3 rings (SSSR count). The predicted molar refractivity (Wildman–Crippen MR) is 114 cm³/mol. The van der Waals surface area contributed by atoms with Crippen LogP contribution in [0, 0.1) is 17.8 Å². The molecular weight excluding hydrogens is 400 g/mol. The molecule has 8 heteroatoms. The van der Waals surface area contributed by atoms with Crippen molar-refractivity contribution in [2.75, 3.05) is 20.8 Å². The number of nitrogens with one attached hydrogen (secondary N) is 2. The topological polar surface area (TPSA) is 103 Å². The molecule has 0 unspecified atom stereocenters. The lowest BCUT2D eigenvalue weighted by molar-refractivity contribution is -0.154. The van der Waals surface area contributed by atoms with Gasteiger partial charge in [-0.1, -0.05) is 6.42 Å². The number of methoxy groups -OCH3 is 2. The smallest absolute Gasteiger partial charge is 0.326 e. The summed E-state index contributed by atoms with van der Waals surface area (Å²) in [5.74, 6) is 1.46. The first-order valence-corrected chi connectivity index (χ1v) is 10.8. The Bertz CT molecular complexity index is 804. The summed E-state index contributed by atoms with van der Waals surface area (Å²) in [7, 11) is 2.97. The van der Waals surface area contributed by atoms with E-state index >= 15 is 0 Å². The van der Waals surface area contributed by atoms with Gasteiger partial charge in [0.2, 0.25) is 0 Å². The summed E-state index contributed by atoms with van der Waals surface area (Å²) in [6.45, 7) is 3.22. The average molecular weight is 433 g/mol. The molecule has 5 atom stereocenters. The summed E-state index contributed by atoms with van der Waals surface area (Å²) >= 11 is 0. The summed E-state index contributed by atoms with van der Waals surface area (Å²) in [5.41, 5.74) is 0.287. The monoisotopic (exact) mass is 432 g/mol. The van der Waals surface area contributed by atoms with Gasteiger partial charge in [0.1, 0.15) is 18.0 Å². The van der Waals surface area contributed by atoms with E-state index in [-0.39, 0.29) is 24.1 Å². The highest BCUT2D eigenvalue weighted by Crippen LogP contribution is 2.49. The zero-order valence-electron chi connectivity index (χ0n) is 18.6. The fourth-order valence-electron chi connectivity index (χ4n) is 4.84. The molecule has 0 radical (unpaired) electrons. The first-order chi connectivity index (χ1) is 14.8. The number of hydrogen-bond donors (Lipinski definition) is 2. The third kappa shape index (κ3) is 5.68. The minimum absolute atomic E-state index is 0.0618. The van der Waals surface area contributed by atoms with E-state index in [1.165, 1.54) is 59.0 Å². The van der Waals surface area contributed by atoms with Crippen LogP contribution < -0.4 is 20.1 Å². The van der Waals surface area contributed by atoms with Crippen LogP contribution in [0.4, 0.5) is 0 Å². The summed E-state index contributed by atoms with van der Waals surface area (Å²) in [5, 5.41) is 5.49. The van der Waals surface area contributed by atoms with Crippen molar-refractivity contribution in [3.05, 3.63) is 23.8 Å². The van der Waals surface area contributed by atoms with Crippen LogP contribution in [0.15, 0.2) is 18.2 Å². The number of rotatable bonds is 9. The van der Waals surface area contributed by atoms with Crippen molar-refractivity contribution in [3.8, 4) is 11.5 Å². The zero-order valence-corrected chi connectivity index (χ0v) is 18.6. The molecule has 1 aromatic rings. The van der Waals surface area contributed by atoms with Crippen LogP contribution in [0.1, 0.15) is 49.9 Å². The number of carbonyl (C=O) groups is 3. The summed E-state index contributed by atoms with van der Waals surface area (Å²) < 4.78 is 15.5. The van der Waals surface area contributed by atoms with Crippen molar-refractivity contribution in [3.63, 3.8) is 0 Å². The van der Waals surface area contributed by atoms with Crippen LogP contribution in [0.3, 0.4) is 0 Å². The van der Waals surface area contributed by atoms with E-state index in [0.717, 1.165) is 5.92 Å². The Morgan fingerprint density at radius 2 is 1.71 bits per heavy atom. The number of ether oxygens (including phenoxy) is 3. The van der Waals surface area contributed by atoms with Gasteiger partial charge in [0.25, 0.3) is 11.8 Å². The van der Waals surface area contributed by atoms with E-state index in [0.29, 0.717) is 23.3 Å². The molecule has 1 aromatic carbocycles. The normalized spacial score (nSPS) is 23.5. The Morgan fingerprint density at radius 3 is 2.26 bits per heavy atom. The summed E-state index contributed by atoms with van der Waals surface area (Å²) in [6, 6.07) is 4.78. The molecule has 0 aromatic heterocycles. The molecule has 2 N–H and O–H groups in total. The van der Waals surface area contributed by atoms with E-state index in [1.54, 1.807) is 6.07 Å². The fraction of sp³-hybridized carbons (Fsp3) is 0.609. The second kappa shape index (κ2) is 10.0. The molecule has 2 aliphatic carbocycles. The maximum atomic E-state index is 12.4. The molecule has 0 spiro atoms. The van der Waals surface area contributed by atoms with Crippen molar-refractivity contribution < 1.29 is 28.6 Å². The first kappa shape index (κ1) is 22.9. The number of carbonyl (C=O) groups excluding carboxylic acids is 3. The highest BCUT2D eigenvalue weighted by atomic mass is 16.5. The van der Waals surface area contributed by atoms with E-state index in [1.807, 2.05) is 6.92 Å². The van der Waals surface area contributed by atoms with Crippen molar-refractivity contribution in [2.45, 2.75) is 51.7 Å². The minimum Gasteiger partial charge on any atom is -0.497 e. The van der Waals surface area contributed by atoms with Crippen molar-refractivity contribution in [1.29, 1.82) is 0 Å². The Kier molecular flexibility index (Phi) is 7.41. The average Bonchev–Trinajstić information content (AvgIpc) is 3.40. The van der Waals surface area contributed by atoms with Gasteiger partial charge in [0.15, 0.2) is 6.10 Å².